The van der Waals surface area contributed by atoms with Crippen molar-refractivity contribution in [3.05, 3.63) is 145 Å². The SMILES string of the molecule is CCCc1ccc(-c2ccc(C)c3[cH-]c(C)cc23)cc1.CCCc1ccc(-c2ccc(C)c3[cH-]c(CC)cc23)cc1.Cl.Cl.[CH3-].[CH3-].[Si]=[Zr]. The molecule has 250 valence electrons. The number of fused-ring (bicyclic) bond motifs is 2. The molecule has 0 aliphatic carbocycles. The third-order valence-corrected chi connectivity index (χ3v) is 8.43. The zero-order valence-corrected chi connectivity index (χ0v) is 34.7. The van der Waals surface area contributed by atoms with Crippen LogP contribution in [-0.4, -0.2) is 6.88 Å². The summed E-state index contributed by atoms with van der Waals surface area (Å²) < 4.78 is 0. The van der Waals surface area contributed by atoms with Gasteiger partial charge in [0.05, 0.1) is 0 Å². The molecule has 0 heterocycles. The van der Waals surface area contributed by atoms with Crippen LogP contribution in [0.3, 0.4) is 0 Å². The maximum atomic E-state index is 3.06. The number of hydrogen-bond donors (Lipinski definition) is 0. The summed E-state index contributed by atoms with van der Waals surface area (Å²) in [6, 6.07) is 36.4. The second-order valence-electron chi connectivity index (χ2n) is 11.7. The summed E-state index contributed by atoms with van der Waals surface area (Å²) in [5.41, 5.74) is 13.7. The fourth-order valence-corrected chi connectivity index (χ4v) is 6.08. The predicted octanol–water partition coefficient (Wildman–Crippen LogP) is 13.2. The Balaban J connectivity index is 0.000000792. The van der Waals surface area contributed by atoms with Crippen LogP contribution in [-0.2, 0) is 42.6 Å². The minimum atomic E-state index is 0. The van der Waals surface area contributed by atoms with Gasteiger partial charge in [-0.05, 0) is 41.5 Å². The molecule has 0 aliphatic heterocycles. The third kappa shape index (κ3) is 10.9. The first-order chi connectivity index (χ1) is 20.9. The number of aryl methyl sites for hydroxylation is 6. The Morgan fingerprint density at radius 1 is 0.553 bits per heavy atom. The molecule has 0 fully saturated rings. The first-order valence-corrected chi connectivity index (χ1v) is 19.9. The van der Waals surface area contributed by atoms with Crippen molar-refractivity contribution in [1.82, 2.24) is 0 Å². The van der Waals surface area contributed by atoms with E-state index in [0.717, 1.165) is 6.42 Å². The molecule has 4 heteroatoms. The molecule has 6 aromatic rings. The van der Waals surface area contributed by atoms with Crippen LogP contribution in [0.5, 0.6) is 0 Å². The van der Waals surface area contributed by atoms with Gasteiger partial charge in [-0.15, -0.1) is 92.9 Å². The van der Waals surface area contributed by atoms with E-state index in [-0.39, 0.29) is 39.7 Å². The average molecular weight is 759 g/mol. The van der Waals surface area contributed by atoms with Crippen LogP contribution < -0.4 is 0 Å². The van der Waals surface area contributed by atoms with Crippen LogP contribution in [0, 0.1) is 35.6 Å². The van der Waals surface area contributed by atoms with Crippen molar-refractivity contribution in [2.75, 3.05) is 0 Å². The number of hydrogen-bond acceptors (Lipinski definition) is 0. The Morgan fingerprint density at radius 2 is 0.957 bits per heavy atom. The molecule has 0 spiro atoms. The zero-order chi connectivity index (χ0) is 30.9. The van der Waals surface area contributed by atoms with Crippen molar-refractivity contribution >= 4 is 53.2 Å². The standard InChI is InChI=1S/C21H23.C20H21.2CH3.2ClH.Si.Zr/c1-4-6-17-8-10-18(11-9-17)19-12-7-15(3)20-13-16(5-2)14-21(19)20;1-4-5-16-7-9-17(10-8-16)18-11-6-15(3)19-12-14(2)13-20(18)19;;;;;;/h7-14H,4-6H2,1-3H3;6-13H,4-5H2,1-3H3;2*1H3;2*1H;;/q4*-1;;;;. The van der Waals surface area contributed by atoms with Crippen LogP contribution in [0.1, 0.15) is 67.0 Å². The Kier molecular flexibility index (Phi) is 20.7. The molecule has 0 N–H and O–H groups in total. The van der Waals surface area contributed by atoms with E-state index in [1.807, 2.05) is 0 Å². The summed E-state index contributed by atoms with van der Waals surface area (Å²) in [5, 5.41) is 5.57. The van der Waals surface area contributed by atoms with E-state index >= 15 is 0 Å². The molecule has 0 nitrogen and oxygen atoms in total. The molecule has 0 saturated carbocycles. The molecular weight excluding hydrogens is 707 g/mol. The Hall–Kier alpha value is -2.22. The predicted molar refractivity (Wildman–Crippen MR) is 215 cm³/mol. The van der Waals surface area contributed by atoms with Crippen LogP contribution >= 0.6 is 24.8 Å². The quantitative estimate of drug-likeness (QED) is 0.112. The van der Waals surface area contributed by atoms with E-state index in [2.05, 4.69) is 145 Å². The van der Waals surface area contributed by atoms with Gasteiger partial charge in [-0.1, -0.05) is 126 Å². The van der Waals surface area contributed by atoms with Gasteiger partial charge in [0, 0.05) is 0 Å². The summed E-state index contributed by atoms with van der Waals surface area (Å²) in [6.45, 7) is 16.3. The van der Waals surface area contributed by atoms with E-state index in [1.54, 1.807) is 0 Å². The number of halogens is 2. The molecule has 6 rings (SSSR count). The van der Waals surface area contributed by atoms with Gasteiger partial charge in [0.25, 0.3) is 0 Å². The van der Waals surface area contributed by atoms with E-state index in [9.17, 15) is 0 Å². The maximum absolute atomic E-state index is 3.06. The van der Waals surface area contributed by atoms with Crippen molar-refractivity contribution in [2.24, 2.45) is 0 Å². The first-order valence-electron chi connectivity index (χ1n) is 15.7. The Morgan fingerprint density at radius 3 is 1.36 bits per heavy atom. The van der Waals surface area contributed by atoms with Crippen molar-refractivity contribution < 1.29 is 23.3 Å². The van der Waals surface area contributed by atoms with Gasteiger partial charge in [0.2, 0.25) is 0 Å². The molecule has 0 aromatic heterocycles. The second-order valence-corrected chi connectivity index (χ2v) is 11.7. The molecule has 2 radical (unpaired) electrons. The van der Waals surface area contributed by atoms with Crippen molar-refractivity contribution in [3.63, 3.8) is 0 Å². The molecular formula is C43H52Cl2SiZr-4. The first kappa shape index (κ1) is 44.8. The molecule has 0 saturated heterocycles. The van der Waals surface area contributed by atoms with E-state index in [4.69, 9.17) is 0 Å². The normalized spacial score (nSPS) is 9.81. The van der Waals surface area contributed by atoms with Gasteiger partial charge in [-0.2, -0.15) is 12.1 Å². The molecule has 47 heavy (non-hydrogen) atoms. The van der Waals surface area contributed by atoms with Gasteiger partial charge in [0.1, 0.15) is 0 Å². The fraction of sp³-hybridized carbons (Fsp3) is 0.256. The van der Waals surface area contributed by atoms with Gasteiger partial charge in [-0.3, -0.25) is 0 Å². The molecule has 0 aliphatic rings. The monoisotopic (exact) mass is 756 g/mol. The van der Waals surface area contributed by atoms with Gasteiger partial charge < -0.3 is 14.9 Å². The third-order valence-electron chi connectivity index (χ3n) is 8.43. The fourth-order valence-electron chi connectivity index (χ4n) is 6.08. The van der Waals surface area contributed by atoms with Crippen LogP contribution in [0.4, 0.5) is 0 Å². The molecule has 6 aromatic carbocycles. The summed E-state index contributed by atoms with van der Waals surface area (Å²) >= 11 is 1.36. The van der Waals surface area contributed by atoms with E-state index in [1.165, 1.54) is 126 Å². The second kappa shape index (κ2) is 21.7. The van der Waals surface area contributed by atoms with E-state index < -0.39 is 0 Å². The molecule has 0 atom stereocenters. The van der Waals surface area contributed by atoms with Crippen molar-refractivity contribution in [3.8, 4) is 22.3 Å². The van der Waals surface area contributed by atoms with Gasteiger partial charge in [-0.25, -0.2) is 0 Å². The topological polar surface area (TPSA) is 0 Å². The Bertz CT molecular complexity index is 1780. The van der Waals surface area contributed by atoms with Gasteiger partial charge in [0.15, 0.2) is 0 Å². The average Bonchev–Trinajstić information content (AvgIpc) is 3.65. The van der Waals surface area contributed by atoms with Crippen LogP contribution in [0.25, 0.3) is 43.8 Å². The molecule has 0 bridgehead atoms. The summed E-state index contributed by atoms with van der Waals surface area (Å²) in [4.78, 5) is 0. The molecule has 0 unspecified atom stereocenters. The van der Waals surface area contributed by atoms with Crippen molar-refractivity contribution in [1.29, 1.82) is 0 Å². The van der Waals surface area contributed by atoms with Crippen LogP contribution in [0.2, 0.25) is 0 Å². The van der Waals surface area contributed by atoms with Gasteiger partial charge >= 0.3 is 30.2 Å². The van der Waals surface area contributed by atoms with Crippen molar-refractivity contribution in [2.45, 2.75) is 73.6 Å². The van der Waals surface area contributed by atoms with E-state index in [0.29, 0.717) is 0 Å². The zero-order valence-electron chi connectivity index (χ0n) is 29.6. The summed E-state index contributed by atoms with van der Waals surface area (Å²) in [5.74, 6) is 0. The number of benzene rings is 4. The summed E-state index contributed by atoms with van der Waals surface area (Å²) in [7, 11) is 0. The number of rotatable bonds is 7. The summed E-state index contributed by atoms with van der Waals surface area (Å²) in [6.07, 6.45) is 5.84. The Labute approximate surface area is 315 Å². The minimum absolute atomic E-state index is 0. The van der Waals surface area contributed by atoms with Crippen LogP contribution in [0.15, 0.2) is 97.1 Å². The molecule has 0 amide bonds.